The van der Waals surface area contributed by atoms with Crippen LogP contribution in [0.25, 0.3) is 10.9 Å². The molecule has 0 bridgehead atoms. The largest absolute Gasteiger partial charge is 0.485 e. The van der Waals surface area contributed by atoms with Gasteiger partial charge in [-0.2, -0.15) is 0 Å². The van der Waals surface area contributed by atoms with E-state index in [0.717, 1.165) is 22.9 Å². The summed E-state index contributed by atoms with van der Waals surface area (Å²) in [5, 5.41) is 1.13. The third-order valence-electron chi connectivity index (χ3n) is 4.07. The molecular formula is C19H17ClN2O3. The lowest BCUT2D eigenvalue weighted by Gasteiger charge is -2.17. The fraction of sp³-hybridized carbons (Fsp3) is 0.263. The van der Waals surface area contributed by atoms with E-state index in [1.807, 2.05) is 42.5 Å². The second kappa shape index (κ2) is 7.25. The number of hydrogen-bond acceptors (Lipinski definition) is 5. The Morgan fingerprint density at radius 1 is 1.12 bits per heavy atom. The van der Waals surface area contributed by atoms with Gasteiger partial charge in [-0.3, -0.25) is 0 Å². The van der Waals surface area contributed by atoms with Crippen LogP contribution in [0.4, 0.5) is 0 Å². The van der Waals surface area contributed by atoms with E-state index < -0.39 is 0 Å². The number of halogens is 1. The van der Waals surface area contributed by atoms with E-state index in [4.69, 9.17) is 25.8 Å². The summed E-state index contributed by atoms with van der Waals surface area (Å²) < 4.78 is 17.5. The molecular weight excluding hydrogens is 340 g/mol. The van der Waals surface area contributed by atoms with Crippen LogP contribution in [0.5, 0.6) is 11.5 Å². The molecule has 0 radical (unpaired) electrons. The molecule has 3 aromatic rings. The van der Waals surface area contributed by atoms with Gasteiger partial charge in [0.2, 0.25) is 0 Å². The third-order valence-corrected chi connectivity index (χ3v) is 4.37. The molecule has 0 amide bonds. The first-order valence-corrected chi connectivity index (χ1v) is 8.53. The molecule has 128 valence electrons. The number of ether oxygens (including phenoxy) is 3. The van der Waals surface area contributed by atoms with Gasteiger partial charge in [0.05, 0.1) is 18.7 Å². The summed E-state index contributed by atoms with van der Waals surface area (Å²) in [6, 6.07) is 13.7. The Morgan fingerprint density at radius 2 is 2.00 bits per heavy atom. The minimum Gasteiger partial charge on any atom is -0.485 e. The zero-order valence-corrected chi connectivity index (χ0v) is 14.3. The van der Waals surface area contributed by atoms with E-state index >= 15 is 0 Å². The molecule has 4 rings (SSSR count). The fourth-order valence-electron chi connectivity index (χ4n) is 2.76. The second-order valence-electron chi connectivity index (χ2n) is 5.86. The molecule has 1 aliphatic heterocycles. The van der Waals surface area contributed by atoms with E-state index in [-0.39, 0.29) is 6.10 Å². The summed E-state index contributed by atoms with van der Waals surface area (Å²) in [7, 11) is 0. The molecule has 1 aromatic heterocycles. The van der Waals surface area contributed by atoms with Gasteiger partial charge in [0.15, 0.2) is 11.5 Å². The highest BCUT2D eigenvalue weighted by atomic mass is 35.5. The second-order valence-corrected chi connectivity index (χ2v) is 6.22. The van der Waals surface area contributed by atoms with Crippen molar-refractivity contribution in [2.24, 2.45) is 0 Å². The highest BCUT2D eigenvalue weighted by molar-refractivity contribution is 6.34. The minimum atomic E-state index is 0.0221. The maximum atomic E-state index is 6.20. The Hall–Kier alpha value is -2.37. The normalized spacial score (nSPS) is 16.9. The van der Waals surface area contributed by atoms with Crippen molar-refractivity contribution < 1.29 is 14.2 Å². The molecule has 2 heterocycles. The number of hydrogen-bond donors (Lipinski definition) is 0. The number of aromatic nitrogens is 2. The van der Waals surface area contributed by atoms with Gasteiger partial charge in [-0.1, -0.05) is 41.9 Å². The molecule has 0 spiro atoms. The molecule has 1 atom stereocenters. The Balaban J connectivity index is 1.66. The Morgan fingerprint density at radius 3 is 2.80 bits per heavy atom. The lowest BCUT2D eigenvalue weighted by Crippen LogP contribution is -2.16. The lowest BCUT2D eigenvalue weighted by molar-refractivity contribution is 0.137. The van der Waals surface area contributed by atoms with Crippen LogP contribution in [0.2, 0.25) is 5.15 Å². The summed E-state index contributed by atoms with van der Waals surface area (Å²) in [6.07, 6.45) is 2.33. The molecule has 0 aliphatic carbocycles. The zero-order chi connectivity index (χ0) is 17.1. The van der Waals surface area contributed by atoms with Crippen molar-refractivity contribution in [1.29, 1.82) is 0 Å². The van der Waals surface area contributed by atoms with Crippen LogP contribution in [0.15, 0.2) is 48.8 Å². The molecule has 6 heteroatoms. The van der Waals surface area contributed by atoms with Gasteiger partial charge in [0.25, 0.3) is 0 Å². The molecule has 1 aliphatic rings. The minimum absolute atomic E-state index is 0.0221. The van der Waals surface area contributed by atoms with E-state index in [0.29, 0.717) is 36.5 Å². The third kappa shape index (κ3) is 3.67. The first-order chi connectivity index (χ1) is 12.3. The van der Waals surface area contributed by atoms with Crippen LogP contribution in [0.1, 0.15) is 12.0 Å². The quantitative estimate of drug-likeness (QED) is 0.646. The molecule has 25 heavy (non-hydrogen) atoms. The van der Waals surface area contributed by atoms with Crippen molar-refractivity contribution in [2.45, 2.75) is 19.1 Å². The predicted molar refractivity (Wildman–Crippen MR) is 95.2 cm³/mol. The van der Waals surface area contributed by atoms with Gasteiger partial charge < -0.3 is 14.2 Å². The molecule has 0 saturated carbocycles. The standard InChI is InChI=1S/C19H17ClN2O3/c20-19-15-8-17(24-10-13-4-2-1-3-5-13)18(9-16(15)21-12-22-19)25-14-6-7-23-11-14/h1-5,8-9,12,14H,6-7,10-11H2/t14-/m0/s1. The number of fused-ring (bicyclic) bond motifs is 1. The van der Waals surface area contributed by atoms with Crippen molar-refractivity contribution >= 4 is 22.5 Å². The number of nitrogens with zero attached hydrogens (tertiary/aromatic N) is 2. The van der Waals surface area contributed by atoms with Crippen molar-refractivity contribution in [2.75, 3.05) is 13.2 Å². The van der Waals surface area contributed by atoms with Gasteiger partial charge in [-0.15, -0.1) is 0 Å². The van der Waals surface area contributed by atoms with Gasteiger partial charge in [0.1, 0.15) is 24.2 Å². The number of benzene rings is 2. The summed E-state index contributed by atoms with van der Waals surface area (Å²) in [5.74, 6) is 1.27. The average Bonchev–Trinajstić information content (AvgIpc) is 3.14. The molecule has 1 fully saturated rings. The topological polar surface area (TPSA) is 53.5 Å². The van der Waals surface area contributed by atoms with E-state index in [1.165, 1.54) is 6.33 Å². The van der Waals surface area contributed by atoms with Gasteiger partial charge in [0, 0.05) is 17.9 Å². The zero-order valence-electron chi connectivity index (χ0n) is 13.5. The van der Waals surface area contributed by atoms with Crippen LogP contribution in [0.3, 0.4) is 0 Å². The van der Waals surface area contributed by atoms with E-state index in [1.54, 1.807) is 0 Å². The van der Waals surface area contributed by atoms with Crippen LogP contribution in [0, 0.1) is 0 Å². The predicted octanol–water partition coefficient (Wildman–Crippen LogP) is 4.03. The van der Waals surface area contributed by atoms with Gasteiger partial charge >= 0.3 is 0 Å². The summed E-state index contributed by atoms with van der Waals surface area (Å²) in [6.45, 7) is 1.74. The van der Waals surface area contributed by atoms with Crippen molar-refractivity contribution in [3.63, 3.8) is 0 Å². The van der Waals surface area contributed by atoms with Crippen LogP contribution < -0.4 is 9.47 Å². The van der Waals surface area contributed by atoms with Crippen molar-refractivity contribution in [3.05, 3.63) is 59.5 Å². The van der Waals surface area contributed by atoms with E-state index in [9.17, 15) is 0 Å². The molecule has 0 N–H and O–H groups in total. The summed E-state index contributed by atoms with van der Waals surface area (Å²) in [5.41, 5.74) is 1.80. The highest BCUT2D eigenvalue weighted by Gasteiger charge is 2.20. The smallest absolute Gasteiger partial charge is 0.163 e. The molecule has 2 aromatic carbocycles. The van der Waals surface area contributed by atoms with Crippen molar-refractivity contribution in [3.8, 4) is 11.5 Å². The molecule has 1 saturated heterocycles. The summed E-state index contributed by atoms with van der Waals surface area (Å²) in [4.78, 5) is 8.31. The van der Waals surface area contributed by atoms with Crippen LogP contribution in [-0.4, -0.2) is 29.3 Å². The Labute approximate surface area is 150 Å². The fourth-order valence-corrected chi connectivity index (χ4v) is 2.95. The maximum absolute atomic E-state index is 6.20. The highest BCUT2D eigenvalue weighted by Crippen LogP contribution is 2.35. The monoisotopic (exact) mass is 356 g/mol. The lowest BCUT2D eigenvalue weighted by atomic mass is 10.2. The van der Waals surface area contributed by atoms with Gasteiger partial charge in [-0.05, 0) is 11.6 Å². The number of rotatable bonds is 5. The van der Waals surface area contributed by atoms with Crippen molar-refractivity contribution in [1.82, 2.24) is 9.97 Å². The Kier molecular flexibility index (Phi) is 4.68. The van der Waals surface area contributed by atoms with Gasteiger partial charge in [-0.25, -0.2) is 9.97 Å². The SMILES string of the molecule is Clc1ncnc2cc(O[C@H]3CCOC3)c(OCc3ccccc3)cc12. The van der Waals surface area contributed by atoms with Crippen LogP contribution >= 0.6 is 11.6 Å². The Bertz CT molecular complexity index is 867. The average molecular weight is 357 g/mol. The van der Waals surface area contributed by atoms with E-state index in [2.05, 4.69) is 9.97 Å². The molecule has 5 nitrogen and oxygen atoms in total. The molecule has 0 unspecified atom stereocenters. The first-order valence-electron chi connectivity index (χ1n) is 8.15. The summed E-state index contributed by atoms with van der Waals surface area (Å²) >= 11 is 6.20. The first kappa shape index (κ1) is 16.1. The maximum Gasteiger partial charge on any atom is 0.163 e. The van der Waals surface area contributed by atoms with Crippen LogP contribution in [-0.2, 0) is 11.3 Å².